The molecule has 1 aliphatic rings. The summed E-state index contributed by atoms with van der Waals surface area (Å²) in [5.41, 5.74) is 6.70. The molecule has 0 bridgehead atoms. The Kier molecular flexibility index (Phi) is 3.54. The average Bonchev–Trinajstić information content (AvgIpc) is 3.13. The van der Waals surface area contributed by atoms with Crippen molar-refractivity contribution in [2.24, 2.45) is 5.73 Å². The summed E-state index contributed by atoms with van der Waals surface area (Å²) in [6.45, 7) is 0. The van der Waals surface area contributed by atoms with Gasteiger partial charge in [0.25, 0.3) is 5.91 Å². The summed E-state index contributed by atoms with van der Waals surface area (Å²) in [6, 6.07) is 8.90. The van der Waals surface area contributed by atoms with Crippen LogP contribution >= 0.6 is 0 Å². The van der Waals surface area contributed by atoms with Crippen LogP contribution in [0.2, 0.25) is 0 Å². The van der Waals surface area contributed by atoms with Crippen molar-refractivity contribution in [2.45, 2.75) is 31.3 Å². The Morgan fingerprint density at radius 2 is 1.94 bits per heavy atom. The Balaban J connectivity index is 1.88. The van der Waals surface area contributed by atoms with E-state index in [0.717, 1.165) is 18.4 Å². The summed E-state index contributed by atoms with van der Waals surface area (Å²) < 4.78 is 0. The number of Topliss-reactive ketones (excluding diaryl/α,β-unsaturated/α-hetero) is 1. The highest BCUT2D eigenvalue weighted by atomic mass is 16.2. The van der Waals surface area contributed by atoms with Gasteiger partial charge in [-0.25, -0.2) is 0 Å². The van der Waals surface area contributed by atoms with Gasteiger partial charge in [-0.05, 0) is 24.8 Å². The summed E-state index contributed by atoms with van der Waals surface area (Å²) in [4.78, 5) is 23.2. The van der Waals surface area contributed by atoms with Crippen molar-refractivity contribution in [3.8, 4) is 0 Å². The second-order valence-corrected chi connectivity index (χ2v) is 4.41. The van der Waals surface area contributed by atoms with E-state index in [0.29, 0.717) is 6.42 Å². The largest absolute Gasteiger partial charge is 0.347 e. The first kappa shape index (κ1) is 11.8. The molecule has 0 unspecified atom stereocenters. The van der Waals surface area contributed by atoms with Gasteiger partial charge in [-0.15, -0.1) is 0 Å². The molecule has 0 spiro atoms. The van der Waals surface area contributed by atoms with Crippen LogP contribution in [-0.2, 0) is 16.0 Å². The van der Waals surface area contributed by atoms with Crippen molar-refractivity contribution >= 4 is 11.7 Å². The summed E-state index contributed by atoms with van der Waals surface area (Å²) in [5.74, 6) is -1.07. The molecule has 4 nitrogen and oxygen atoms in total. The molecule has 0 aromatic heterocycles. The molecule has 0 aliphatic heterocycles. The number of hydrogen-bond acceptors (Lipinski definition) is 3. The lowest BCUT2D eigenvalue weighted by Gasteiger charge is -2.10. The van der Waals surface area contributed by atoms with E-state index in [1.54, 1.807) is 0 Å². The maximum absolute atomic E-state index is 11.7. The van der Waals surface area contributed by atoms with Crippen molar-refractivity contribution in [3.05, 3.63) is 35.9 Å². The lowest BCUT2D eigenvalue weighted by molar-refractivity contribution is -0.138. The van der Waals surface area contributed by atoms with E-state index in [4.69, 9.17) is 5.73 Å². The second-order valence-electron chi connectivity index (χ2n) is 4.41. The predicted molar refractivity (Wildman–Crippen MR) is 64.3 cm³/mol. The van der Waals surface area contributed by atoms with Crippen LogP contribution in [0.3, 0.4) is 0 Å². The number of carbonyl (C=O) groups excluding carboxylic acids is 2. The first-order valence-electron chi connectivity index (χ1n) is 5.81. The molecule has 1 aliphatic carbocycles. The Bertz CT molecular complexity index is 413. The highest BCUT2D eigenvalue weighted by Crippen LogP contribution is 2.18. The summed E-state index contributed by atoms with van der Waals surface area (Å²) in [7, 11) is 0. The Morgan fingerprint density at radius 1 is 1.29 bits per heavy atom. The van der Waals surface area contributed by atoms with E-state index in [-0.39, 0.29) is 6.04 Å². The molecular weight excluding hydrogens is 216 g/mol. The van der Waals surface area contributed by atoms with E-state index < -0.39 is 17.7 Å². The highest BCUT2D eigenvalue weighted by Gasteiger charge is 2.28. The van der Waals surface area contributed by atoms with Gasteiger partial charge in [0, 0.05) is 6.04 Å². The number of benzene rings is 1. The minimum absolute atomic E-state index is 0.190. The number of hydrogen-bond donors (Lipinski definition) is 2. The minimum atomic E-state index is -0.754. The number of ketones is 1. The molecule has 3 N–H and O–H groups in total. The van der Waals surface area contributed by atoms with Crippen LogP contribution in [0.5, 0.6) is 0 Å². The zero-order valence-corrected chi connectivity index (χ0v) is 9.56. The fourth-order valence-electron chi connectivity index (χ4n) is 1.61. The third-order valence-corrected chi connectivity index (χ3v) is 2.77. The molecule has 1 amide bonds. The summed E-state index contributed by atoms with van der Waals surface area (Å²) in [6.07, 6.45) is 2.33. The summed E-state index contributed by atoms with van der Waals surface area (Å²) >= 11 is 0. The molecule has 1 fully saturated rings. The predicted octanol–water partition coefficient (Wildman–Crippen LogP) is 0.404. The van der Waals surface area contributed by atoms with Crippen molar-refractivity contribution in [2.75, 3.05) is 0 Å². The molecule has 17 heavy (non-hydrogen) atoms. The molecule has 4 heteroatoms. The van der Waals surface area contributed by atoms with Gasteiger partial charge in [0.1, 0.15) is 0 Å². The highest BCUT2D eigenvalue weighted by molar-refractivity contribution is 6.38. The average molecular weight is 232 g/mol. The van der Waals surface area contributed by atoms with E-state index in [1.165, 1.54) is 0 Å². The lowest BCUT2D eigenvalue weighted by Crippen LogP contribution is -2.44. The number of amides is 1. The number of rotatable bonds is 5. The molecule has 0 radical (unpaired) electrons. The fourth-order valence-corrected chi connectivity index (χ4v) is 1.61. The third-order valence-electron chi connectivity index (χ3n) is 2.77. The molecule has 1 aromatic rings. The number of nitrogens with two attached hydrogens (primary N) is 1. The SMILES string of the molecule is N[C@@H](Cc1ccccc1)C(=O)C(=O)NC1CC1. The van der Waals surface area contributed by atoms with Gasteiger partial charge in [-0.1, -0.05) is 30.3 Å². The van der Waals surface area contributed by atoms with Gasteiger partial charge in [0.2, 0.25) is 5.78 Å². The van der Waals surface area contributed by atoms with E-state index in [2.05, 4.69) is 5.32 Å². The van der Waals surface area contributed by atoms with Crippen LogP contribution in [0, 0.1) is 0 Å². The molecule has 1 saturated carbocycles. The topological polar surface area (TPSA) is 72.2 Å². The summed E-state index contributed by atoms with van der Waals surface area (Å²) in [5, 5.41) is 2.65. The van der Waals surface area contributed by atoms with Crippen molar-refractivity contribution in [1.82, 2.24) is 5.32 Å². The van der Waals surface area contributed by atoms with Crippen molar-refractivity contribution in [3.63, 3.8) is 0 Å². The van der Waals surface area contributed by atoms with Gasteiger partial charge in [-0.3, -0.25) is 9.59 Å². The van der Waals surface area contributed by atoms with Crippen LogP contribution in [0.15, 0.2) is 30.3 Å². The molecular formula is C13H16N2O2. The molecule has 0 saturated heterocycles. The van der Waals surface area contributed by atoms with Gasteiger partial charge in [0.15, 0.2) is 0 Å². The molecule has 0 heterocycles. The van der Waals surface area contributed by atoms with Crippen LogP contribution in [0.4, 0.5) is 0 Å². The Labute approximate surface area is 100 Å². The molecule has 90 valence electrons. The van der Waals surface area contributed by atoms with Crippen molar-refractivity contribution in [1.29, 1.82) is 0 Å². The number of carbonyl (C=O) groups is 2. The van der Waals surface area contributed by atoms with Crippen LogP contribution in [-0.4, -0.2) is 23.8 Å². The van der Waals surface area contributed by atoms with E-state index in [9.17, 15) is 9.59 Å². The normalized spacial score (nSPS) is 16.3. The molecule has 1 aromatic carbocycles. The Morgan fingerprint density at radius 3 is 2.53 bits per heavy atom. The monoisotopic (exact) mass is 232 g/mol. The maximum Gasteiger partial charge on any atom is 0.289 e. The van der Waals surface area contributed by atoms with Crippen LogP contribution in [0.25, 0.3) is 0 Å². The van der Waals surface area contributed by atoms with Gasteiger partial charge >= 0.3 is 0 Å². The standard InChI is InChI=1S/C13H16N2O2/c14-11(8-9-4-2-1-3-5-9)12(16)13(17)15-10-6-7-10/h1-5,10-11H,6-8,14H2,(H,15,17)/t11-/m0/s1. The van der Waals surface area contributed by atoms with Gasteiger partial charge < -0.3 is 11.1 Å². The second kappa shape index (κ2) is 5.10. The van der Waals surface area contributed by atoms with Crippen LogP contribution in [0.1, 0.15) is 18.4 Å². The maximum atomic E-state index is 11.7. The fraction of sp³-hybridized carbons (Fsp3) is 0.385. The zero-order chi connectivity index (χ0) is 12.3. The van der Waals surface area contributed by atoms with Crippen LogP contribution < -0.4 is 11.1 Å². The first-order chi connectivity index (χ1) is 8.16. The third kappa shape index (κ3) is 3.39. The number of nitrogens with one attached hydrogen (secondary N) is 1. The van der Waals surface area contributed by atoms with E-state index in [1.807, 2.05) is 30.3 Å². The van der Waals surface area contributed by atoms with Crippen molar-refractivity contribution < 1.29 is 9.59 Å². The quantitative estimate of drug-likeness (QED) is 0.722. The molecule has 1 atom stereocenters. The Hall–Kier alpha value is -1.68. The molecule has 2 rings (SSSR count). The smallest absolute Gasteiger partial charge is 0.289 e. The zero-order valence-electron chi connectivity index (χ0n) is 9.56. The minimum Gasteiger partial charge on any atom is -0.347 e. The lowest BCUT2D eigenvalue weighted by atomic mass is 10.0. The van der Waals surface area contributed by atoms with Gasteiger partial charge in [-0.2, -0.15) is 0 Å². The van der Waals surface area contributed by atoms with Gasteiger partial charge in [0.05, 0.1) is 6.04 Å². The first-order valence-corrected chi connectivity index (χ1v) is 5.81. The van der Waals surface area contributed by atoms with E-state index >= 15 is 0 Å².